The van der Waals surface area contributed by atoms with Crippen LogP contribution >= 0.6 is 11.6 Å². The molecule has 2 heterocycles. The zero-order chi connectivity index (χ0) is 21.7. The summed E-state index contributed by atoms with van der Waals surface area (Å²) in [5, 5.41) is 4.13. The van der Waals surface area contributed by atoms with E-state index in [0.29, 0.717) is 5.89 Å². The summed E-state index contributed by atoms with van der Waals surface area (Å²) in [5.74, 6) is 1.40. The van der Waals surface area contributed by atoms with E-state index in [9.17, 15) is 0 Å². The Labute approximate surface area is 190 Å². The van der Waals surface area contributed by atoms with E-state index in [1.54, 1.807) is 6.20 Å². The number of aromatic amines is 1. The van der Waals surface area contributed by atoms with Gasteiger partial charge in [-0.15, -0.1) is 0 Å². The average molecular weight is 435 g/mol. The smallest absolute Gasteiger partial charge is 0.227 e. The van der Waals surface area contributed by atoms with Crippen LogP contribution in [0, 0.1) is 6.92 Å². The molecule has 32 heavy (non-hydrogen) atoms. The normalized spacial score (nSPS) is 11.4. The van der Waals surface area contributed by atoms with E-state index in [1.807, 2.05) is 24.4 Å². The van der Waals surface area contributed by atoms with Crippen LogP contribution in [0.1, 0.15) is 5.56 Å². The van der Waals surface area contributed by atoms with Gasteiger partial charge in [-0.25, -0.2) is 4.98 Å². The Bertz CT molecular complexity index is 1590. The maximum Gasteiger partial charge on any atom is 0.227 e. The molecule has 0 unspecified atom stereocenters. The van der Waals surface area contributed by atoms with Gasteiger partial charge in [0.15, 0.2) is 5.76 Å². The lowest BCUT2D eigenvalue weighted by Crippen LogP contribution is -1.83. The van der Waals surface area contributed by atoms with Crippen LogP contribution in [0.2, 0.25) is 5.02 Å². The third-order valence-corrected chi connectivity index (χ3v) is 6.14. The van der Waals surface area contributed by atoms with Crippen molar-refractivity contribution in [3.05, 3.63) is 102 Å². The standard InChI is InChI=1S/C28H19ClN2O/c1-17-5-7-18(8-6-17)27-16-31-28(32-27)24-4-2-3-19-13-20(9-11-22(19)24)25-15-30-26-14-21(29)10-12-23(25)26/h2-16,30H,1H3. The second-order valence-corrected chi connectivity index (χ2v) is 8.47. The quantitative estimate of drug-likeness (QED) is 0.304. The first-order valence-corrected chi connectivity index (χ1v) is 10.9. The summed E-state index contributed by atoms with van der Waals surface area (Å²) in [7, 11) is 0. The fraction of sp³-hybridized carbons (Fsp3) is 0.0357. The van der Waals surface area contributed by atoms with E-state index in [2.05, 4.69) is 77.6 Å². The van der Waals surface area contributed by atoms with Gasteiger partial charge in [0.1, 0.15) is 0 Å². The Hall–Kier alpha value is -3.82. The number of fused-ring (bicyclic) bond motifs is 2. The van der Waals surface area contributed by atoms with Crippen LogP contribution in [0.15, 0.2) is 95.7 Å². The Morgan fingerprint density at radius 2 is 1.62 bits per heavy atom. The number of aryl methyl sites for hydroxylation is 1. The first-order chi connectivity index (χ1) is 15.7. The molecule has 3 nitrogen and oxygen atoms in total. The van der Waals surface area contributed by atoms with Gasteiger partial charge in [0.05, 0.1) is 6.20 Å². The van der Waals surface area contributed by atoms with Crippen molar-refractivity contribution in [1.29, 1.82) is 0 Å². The highest BCUT2D eigenvalue weighted by Gasteiger charge is 2.13. The number of nitrogens with zero attached hydrogens (tertiary/aromatic N) is 1. The molecule has 0 fully saturated rings. The van der Waals surface area contributed by atoms with Crippen LogP contribution in [0.5, 0.6) is 0 Å². The fourth-order valence-electron chi connectivity index (χ4n) is 4.22. The van der Waals surface area contributed by atoms with Crippen LogP contribution < -0.4 is 0 Å². The lowest BCUT2D eigenvalue weighted by atomic mass is 9.98. The highest BCUT2D eigenvalue weighted by molar-refractivity contribution is 6.31. The van der Waals surface area contributed by atoms with E-state index in [0.717, 1.165) is 54.7 Å². The zero-order valence-electron chi connectivity index (χ0n) is 17.4. The Balaban J connectivity index is 1.42. The number of oxazole rings is 1. The van der Waals surface area contributed by atoms with E-state index in [4.69, 9.17) is 16.0 Å². The number of hydrogen-bond acceptors (Lipinski definition) is 2. The molecule has 4 aromatic carbocycles. The van der Waals surface area contributed by atoms with Crippen LogP contribution in [0.4, 0.5) is 0 Å². The Kier molecular flexibility index (Phi) is 4.37. The Morgan fingerprint density at radius 3 is 2.50 bits per heavy atom. The molecule has 6 rings (SSSR count). The third-order valence-electron chi connectivity index (χ3n) is 5.91. The third kappa shape index (κ3) is 3.19. The molecule has 154 valence electrons. The molecule has 0 saturated heterocycles. The number of benzene rings is 4. The molecule has 2 aromatic heterocycles. The second-order valence-electron chi connectivity index (χ2n) is 8.03. The Morgan fingerprint density at radius 1 is 0.812 bits per heavy atom. The summed E-state index contributed by atoms with van der Waals surface area (Å²) in [6.07, 6.45) is 3.83. The SMILES string of the molecule is Cc1ccc(-c2cnc(-c3cccc4cc(-c5c[nH]c6cc(Cl)ccc56)ccc34)o2)cc1. The molecule has 0 aliphatic carbocycles. The summed E-state index contributed by atoms with van der Waals surface area (Å²) in [5.41, 5.74) is 6.56. The monoisotopic (exact) mass is 434 g/mol. The van der Waals surface area contributed by atoms with Crippen molar-refractivity contribution in [2.24, 2.45) is 0 Å². The molecule has 0 aliphatic heterocycles. The van der Waals surface area contributed by atoms with Crippen LogP contribution in [-0.4, -0.2) is 9.97 Å². The first kappa shape index (κ1) is 18.9. The molecule has 0 radical (unpaired) electrons. The van der Waals surface area contributed by atoms with Gasteiger partial charge in [0.25, 0.3) is 0 Å². The highest BCUT2D eigenvalue weighted by Crippen LogP contribution is 2.35. The summed E-state index contributed by atoms with van der Waals surface area (Å²) in [6, 6.07) is 26.9. The fourth-order valence-corrected chi connectivity index (χ4v) is 4.40. The molecular weight excluding hydrogens is 416 g/mol. The van der Waals surface area contributed by atoms with Crippen molar-refractivity contribution in [2.75, 3.05) is 0 Å². The molecular formula is C28H19ClN2O. The van der Waals surface area contributed by atoms with E-state index in [-0.39, 0.29) is 0 Å². The van der Waals surface area contributed by atoms with Gasteiger partial charge >= 0.3 is 0 Å². The minimum atomic E-state index is 0.626. The minimum Gasteiger partial charge on any atom is -0.436 e. The highest BCUT2D eigenvalue weighted by atomic mass is 35.5. The molecule has 0 atom stereocenters. The summed E-state index contributed by atoms with van der Waals surface area (Å²) in [6.45, 7) is 2.07. The van der Waals surface area contributed by atoms with E-state index < -0.39 is 0 Å². The second kappa shape index (κ2) is 7.40. The predicted octanol–water partition coefficient (Wildman–Crippen LogP) is 8.27. The lowest BCUT2D eigenvalue weighted by Gasteiger charge is -2.07. The van der Waals surface area contributed by atoms with Gasteiger partial charge in [-0.2, -0.15) is 0 Å². The lowest BCUT2D eigenvalue weighted by molar-refractivity contribution is 0.589. The van der Waals surface area contributed by atoms with E-state index >= 15 is 0 Å². The number of aromatic nitrogens is 2. The van der Waals surface area contributed by atoms with Gasteiger partial charge < -0.3 is 9.40 Å². The van der Waals surface area contributed by atoms with Gasteiger partial charge in [-0.1, -0.05) is 71.8 Å². The number of H-pyrrole nitrogens is 1. The van der Waals surface area contributed by atoms with Crippen molar-refractivity contribution in [2.45, 2.75) is 6.92 Å². The van der Waals surface area contributed by atoms with Crippen molar-refractivity contribution < 1.29 is 4.42 Å². The molecule has 0 amide bonds. The molecule has 0 saturated carbocycles. The maximum absolute atomic E-state index is 6.15. The molecule has 0 bridgehead atoms. The number of hydrogen-bond donors (Lipinski definition) is 1. The van der Waals surface area contributed by atoms with E-state index in [1.165, 1.54) is 5.56 Å². The van der Waals surface area contributed by atoms with Crippen molar-refractivity contribution in [1.82, 2.24) is 9.97 Å². The van der Waals surface area contributed by atoms with Gasteiger partial charge in [-0.05, 0) is 47.5 Å². The molecule has 6 aromatic rings. The first-order valence-electron chi connectivity index (χ1n) is 10.5. The average Bonchev–Trinajstić information content (AvgIpc) is 3.46. The van der Waals surface area contributed by atoms with Gasteiger partial charge in [0, 0.05) is 38.8 Å². The molecule has 0 aliphatic rings. The maximum atomic E-state index is 6.15. The molecule has 4 heteroatoms. The zero-order valence-corrected chi connectivity index (χ0v) is 18.1. The van der Waals surface area contributed by atoms with Crippen LogP contribution in [-0.2, 0) is 0 Å². The summed E-state index contributed by atoms with van der Waals surface area (Å²) in [4.78, 5) is 7.90. The molecule has 0 spiro atoms. The van der Waals surface area contributed by atoms with Crippen molar-refractivity contribution in [3.8, 4) is 33.9 Å². The minimum absolute atomic E-state index is 0.626. The van der Waals surface area contributed by atoms with Crippen molar-refractivity contribution >= 4 is 33.3 Å². The number of halogens is 1. The molecule has 1 N–H and O–H groups in total. The van der Waals surface area contributed by atoms with Crippen molar-refractivity contribution in [3.63, 3.8) is 0 Å². The number of nitrogens with one attached hydrogen (secondary N) is 1. The predicted molar refractivity (Wildman–Crippen MR) is 132 cm³/mol. The van der Waals surface area contributed by atoms with Crippen LogP contribution in [0.3, 0.4) is 0 Å². The summed E-state index contributed by atoms with van der Waals surface area (Å²) < 4.78 is 6.15. The van der Waals surface area contributed by atoms with Crippen LogP contribution in [0.25, 0.3) is 55.6 Å². The van der Waals surface area contributed by atoms with Gasteiger partial charge in [-0.3, -0.25) is 0 Å². The summed E-state index contributed by atoms with van der Waals surface area (Å²) >= 11 is 6.14. The largest absolute Gasteiger partial charge is 0.436 e. The topological polar surface area (TPSA) is 41.8 Å². The number of rotatable bonds is 3. The van der Waals surface area contributed by atoms with Gasteiger partial charge in [0.2, 0.25) is 5.89 Å².